The van der Waals surface area contributed by atoms with Crippen LogP contribution in [0.4, 0.5) is 5.69 Å². The summed E-state index contributed by atoms with van der Waals surface area (Å²) in [7, 11) is 0. The zero-order valence-corrected chi connectivity index (χ0v) is 14.5. The minimum Gasteiger partial charge on any atom is -0.399 e. The Morgan fingerprint density at radius 2 is 1.96 bits per heavy atom. The molecular formula is C18H22N6O. The number of hydrogen-bond donors (Lipinski definition) is 2. The van der Waals surface area contributed by atoms with Gasteiger partial charge in [0.25, 0.3) is 5.78 Å². The number of fused-ring (bicyclic) bond motifs is 1. The number of hydrogen-bond acceptors (Lipinski definition) is 5. The SMILES string of the molecule is Cc1nc2ncnn2c(C)c1CCC(=O)NCCc1ccc(N)cc1. The van der Waals surface area contributed by atoms with Crippen LogP contribution in [0, 0.1) is 13.8 Å². The molecule has 0 radical (unpaired) electrons. The molecule has 0 aliphatic heterocycles. The van der Waals surface area contributed by atoms with Crippen LogP contribution in [-0.4, -0.2) is 32.0 Å². The summed E-state index contributed by atoms with van der Waals surface area (Å²) in [6.45, 7) is 4.53. The van der Waals surface area contributed by atoms with E-state index in [1.54, 1.807) is 4.52 Å². The number of benzene rings is 1. The summed E-state index contributed by atoms with van der Waals surface area (Å²) in [4.78, 5) is 20.6. The highest BCUT2D eigenvalue weighted by Gasteiger charge is 2.12. The molecule has 2 heterocycles. The van der Waals surface area contributed by atoms with E-state index in [0.717, 1.165) is 34.6 Å². The zero-order valence-electron chi connectivity index (χ0n) is 14.5. The van der Waals surface area contributed by atoms with Crippen molar-refractivity contribution in [2.45, 2.75) is 33.1 Å². The minimum atomic E-state index is 0.0351. The summed E-state index contributed by atoms with van der Waals surface area (Å²) in [6, 6.07) is 7.70. The highest BCUT2D eigenvalue weighted by Crippen LogP contribution is 2.14. The van der Waals surface area contributed by atoms with Gasteiger partial charge in [0.1, 0.15) is 6.33 Å². The lowest BCUT2D eigenvalue weighted by Gasteiger charge is -2.10. The molecule has 130 valence electrons. The Hall–Kier alpha value is -2.96. The summed E-state index contributed by atoms with van der Waals surface area (Å²) >= 11 is 0. The van der Waals surface area contributed by atoms with Crippen LogP contribution < -0.4 is 11.1 Å². The van der Waals surface area contributed by atoms with Crippen LogP contribution in [0.25, 0.3) is 5.78 Å². The van der Waals surface area contributed by atoms with Gasteiger partial charge in [-0.1, -0.05) is 12.1 Å². The van der Waals surface area contributed by atoms with Gasteiger partial charge in [0.05, 0.1) is 0 Å². The highest BCUT2D eigenvalue weighted by molar-refractivity contribution is 5.76. The Kier molecular flexibility index (Phi) is 4.92. The molecule has 0 unspecified atom stereocenters. The second-order valence-corrected chi connectivity index (χ2v) is 6.07. The molecule has 1 aromatic carbocycles. The molecule has 0 aliphatic rings. The molecule has 1 amide bonds. The first-order valence-electron chi connectivity index (χ1n) is 8.31. The lowest BCUT2D eigenvalue weighted by Crippen LogP contribution is -2.26. The third-order valence-corrected chi connectivity index (χ3v) is 4.31. The van der Waals surface area contributed by atoms with Gasteiger partial charge in [-0.2, -0.15) is 10.1 Å². The van der Waals surface area contributed by atoms with Gasteiger partial charge in [0.2, 0.25) is 5.91 Å². The van der Waals surface area contributed by atoms with Crippen LogP contribution >= 0.6 is 0 Å². The lowest BCUT2D eigenvalue weighted by molar-refractivity contribution is -0.121. The predicted octanol–water partition coefficient (Wildman–Crippen LogP) is 1.61. The number of nitrogens with two attached hydrogens (primary N) is 1. The molecule has 3 rings (SSSR count). The zero-order chi connectivity index (χ0) is 17.8. The number of nitrogen functional groups attached to an aromatic ring is 1. The van der Waals surface area contributed by atoms with Crippen molar-refractivity contribution in [3.8, 4) is 0 Å². The van der Waals surface area contributed by atoms with Gasteiger partial charge in [-0.3, -0.25) is 4.79 Å². The van der Waals surface area contributed by atoms with Gasteiger partial charge in [-0.15, -0.1) is 0 Å². The van der Waals surface area contributed by atoms with Crippen molar-refractivity contribution in [3.05, 3.63) is 53.1 Å². The van der Waals surface area contributed by atoms with Crippen LogP contribution in [0.3, 0.4) is 0 Å². The first-order valence-corrected chi connectivity index (χ1v) is 8.31. The van der Waals surface area contributed by atoms with E-state index in [-0.39, 0.29) is 5.91 Å². The molecule has 0 fully saturated rings. The van der Waals surface area contributed by atoms with Crippen molar-refractivity contribution in [1.82, 2.24) is 24.9 Å². The molecular weight excluding hydrogens is 316 g/mol. The predicted molar refractivity (Wildman–Crippen MR) is 96.1 cm³/mol. The van der Waals surface area contributed by atoms with E-state index >= 15 is 0 Å². The molecule has 3 aromatic rings. The number of nitrogens with zero attached hydrogens (tertiary/aromatic N) is 4. The maximum absolute atomic E-state index is 12.1. The topological polar surface area (TPSA) is 98.2 Å². The molecule has 25 heavy (non-hydrogen) atoms. The number of carbonyl (C=O) groups is 1. The molecule has 0 spiro atoms. The van der Waals surface area contributed by atoms with Crippen LogP contribution in [0.1, 0.15) is 28.9 Å². The van der Waals surface area contributed by atoms with Crippen molar-refractivity contribution in [2.75, 3.05) is 12.3 Å². The fraction of sp³-hybridized carbons (Fsp3) is 0.333. The number of nitrogens with one attached hydrogen (secondary N) is 1. The highest BCUT2D eigenvalue weighted by atomic mass is 16.1. The summed E-state index contributed by atoms with van der Waals surface area (Å²) in [5.74, 6) is 0.625. The second-order valence-electron chi connectivity index (χ2n) is 6.07. The number of aryl methyl sites for hydroxylation is 2. The second kappa shape index (κ2) is 7.29. The largest absolute Gasteiger partial charge is 0.399 e. The van der Waals surface area contributed by atoms with E-state index in [4.69, 9.17) is 5.73 Å². The number of aromatic nitrogens is 4. The van der Waals surface area contributed by atoms with Crippen molar-refractivity contribution in [3.63, 3.8) is 0 Å². The standard InChI is InChI=1S/C18H22N6O/c1-12-16(13(2)24-18(23-12)21-11-22-24)7-8-17(25)20-10-9-14-3-5-15(19)6-4-14/h3-6,11H,7-10,19H2,1-2H3,(H,20,25). The van der Waals surface area contributed by atoms with Crippen molar-refractivity contribution in [1.29, 1.82) is 0 Å². The lowest BCUT2D eigenvalue weighted by atomic mass is 10.1. The van der Waals surface area contributed by atoms with E-state index in [9.17, 15) is 4.79 Å². The molecule has 0 bridgehead atoms. The summed E-state index contributed by atoms with van der Waals surface area (Å²) in [5, 5.41) is 7.13. The quantitative estimate of drug-likeness (QED) is 0.666. The first kappa shape index (κ1) is 16.9. The monoisotopic (exact) mass is 338 g/mol. The molecule has 0 saturated carbocycles. The Bertz CT molecular complexity index is 884. The fourth-order valence-corrected chi connectivity index (χ4v) is 2.87. The van der Waals surface area contributed by atoms with Gasteiger partial charge in [0, 0.05) is 30.0 Å². The number of amides is 1. The van der Waals surface area contributed by atoms with Gasteiger partial charge in [-0.25, -0.2) is 9.50 Å². The number of carbonyl (C=O) groups excluding carboxylic acids is 1. The molecule has 3 N–H and O–H groups in total. The summed E-state index contributed by atoms with van der Waals surface area (Å²) in [6.07, 6.45) is 3.33. The normalized spacial score (nSPS) is 11.0. The van der Waals surface area contributed by atoms with Crippen molar-refractivity contribution < 1.29 is 4.79 Å². The van der Waals surface area contributed by atoms with E-state index in [1.807, 2.05) is 38.1 Å². The minimum absolute atomic E-state index is 0.0351. The molecule has 7 heteroatoms. The molecule has 2 aromatic heterocycles. The third-order valence-electron chi connectivity index (χ3n) is 4.31. The van der Waals surface area contributed by atoms with Crippen LogP contribution in [0.2, 0.25) is 0 Å². The Morgan fingerprint density at radius 3 is 2.72 bits per heavy atom. The van der Waals surface area contributed by atoms with E-state index in [1.165, 1.54) is 6.33 Å². The third kappa shape index (κ3) is 3.93. The summed E-state index contributed by atoms with van der Waals surface area (Å²) in [5.41, 5.74) is 10.5. The van der Waals surface area contributed by atoms with Gasteiger partial charge < -0.3 is 11.1 Å². The Labute approximate surface area is 146 Å². The Morgan fingerprint density at radius 1 is 1.20 bits per heavy atom. The van der Waals surface area contributed by atoms with Crippen LogP contribution in [-0.2, 0) is 17.6 Å². The van der Waals surface area contributed by atoms with Crippen LogP contribution in [0.15, 0.2) is 30.6 Å². The average molecular weight is 338 g/mol. The number of rotatable bonds is 6. The smallest absolute Gasteiger partial charge is 0.252 e. The average Bonchev–Trinajstić information content (AvgIpc) is 3.05. The summed E-state index contributed by atoms with van der Waals surface area (Å²) < 4.78 is 1.71. The van der Waals surface area contributed by atoms with E-state index < -0.39 is 0 Å². The van der Waals surface area contributed by atoms with Crippen LogP contribution in [0.5, 0.6) is 0 Å². The molecule has 0 aliphatic carbocycles. The molecule has 7 nitrogen and oxygen atoms in total. The van der Waals surface area contributed by atoms with Crippen molar-refractivity contribution in [2.24, 2.45) is 0 Å². The van der Waals surface area contributed by atoms with Gasteiger partial charge >= 0.3 is 0 Å². The van der Waals surface area contributed by atoms with Gasteiger partial charge in [0.15, 0.2) is 0 Å². The molecule has 0 saturated heterocycles. The fourth-order valence-electron chi connectivity index (χ4n) is 2.87. The van der Waals surface area contributed by atoms with Gasteiger partial charge in [-0.05, 0) is 49.9 Å². The Balaban J connectivity index is 1.53. The molecule has 0 atom stereocenters. The maximum atomic E-state index is 12.1. The van der Waals surface area contributed by atoms with E-state index in [0.29, 0.717) is 25.2 Å². The number of anilines is 1. The maximum Gasteiger partial charge on any atom is 0.252 e. The van der Waals surface area contributed by atoms with Crippen molar-refractivity contribution >= 4 is 17.4 Å². The van der Waals surface area contributed by atoms with E-state index in [2.05, 4.69) is 20.4 Å². The first-order chi connectivity index (χ1) is 12.0.